The van der Waals surface area contributed by atoms with Crippen LogP contribution in [0.1, 0.15) is 19.3 Å². The molecule has 2 amide bonds. The van der Waals surface area contributed by atoms with Gasteiger partial charge in [-0.1, -0.05) is 15.9 Å². The number of methoxy groups -OCH3 is 1. The van der Waals surface area contributed by atoms with Crippen LogP contribution >= 0.6 is 15.9 Å². The lowest BCUT2D eigenvalue weighted by molar-refractivity contribution is -0.118. The molecular weight excluding hydrogens is 264 g/mol. The molecule has 0 fully saturated rings. The van der Waals surface area contributed by atoms with E-state index < -0.39 is 6.09 Å². The minimum absolute atomic E-state index is 0.00249. The molecule has 0 aromatic heterocycles. The van der Waals surface area contributed by atoms with E-state index in [4.69, 9.17) is 0 Å². The van der Waals surface area contributed by atoms with Crippen molar-refractivity contribution in [3.05, 3.63) is 0 Å². The number of unbranched alkanes of at least 4 members (excludes halogenated alkanes) is 2. The number of alkyl carbamates (subject to hydrolysis) is 1. The van der Waals surface area contributed by atoms with Crippen LogP contribution in [0.25, 0.3) is 0 Å². The Kier molecular flexibility index (Phi) is 9.26. The van der Waals surface area contributed by atoms with Crippen LogP contribution < -0.4 is 10.6 Å². The van der Waals surface area contributed by atoms with Gasteiger partial charge in [-0.15, -0.1) is 0 Å². The number of carbonyl (C=O) groups is 2. The smallest absolute Gasteiger partial charge is 0.406 e. The van der Waals surface area contributed by atoms with Crippen LogP contribution in [0.4, 0.5) is 4.79 Å². The molecule has 0 aliphatic heterocycles. The predicted molar refractivity (Wildman–Crippen MR) is 61.1 cm³/mol. The molecule has 0 spiro atoms. The van der Waals surface area contributed by atoms with Gasteiger partial charge in [0.1, 0.15) is 0 Å². The Hall–Kier alpha value is -0.780. The third-order valence-corrected chi connectivity index (χ3v) is 2.26. The first-order valence-corrected chi connectivity index (χ1v) is 5.97. The van der Waals surface area contributed by atoms with Crippen LogP contribution in [0, 0.1) is 0 Å². The Bertz CT molecular complexity index is 180. The number of carbonyl (C=O) groups excluding carboxylic acids is 2. The molecule has 0 aromatic carbocycles. The van der Waals surface area contributed by atoms with E-state index in [2.05, 4.69) is 31.3 Å². The van der Waals surface area contributed by atoms with Crippen LogP contribution in [-0.4, -0.2) is 37.5 Å². The van der Waals surface area contributed by atoms with Crippen molar-refractivity contribution in [1.82, 2.24) is 10.6 Å². The summed E-state index contributed by atoms with van der Waals surface area (Å²) in [7, 11) is 1.34. The van der Waals surface area contributed by atoms with Gasteiger partial charge in [0.15, 0.2) is 0 Å². The molecule has 0 aliphatic rings. The summed E-state index contributed by atoms with van der Waals surface area (Å²) in [5.74, 6) is 0.00249. The maximum Gasteiger partial charge on any atom is 0.406 e. The standard InChI is InChI=1S/C9H17BrN2O3/c1-15-9(14)12-6-4-2-3-5-11-8(13)7-10/h2-7H2,1H3,(H,11,13)(H,12,14). The van der Waals surface area contributed by atoms with Crippen molar-refractivity contribution in [3.63, 3.8) is 0 Å². The predicted octanol–water partition coefficient (Wildman–Crippen LogP) is 1.02. The quantitative estimate of drug-likeness (QED) is 0.541. The molecule has 88 valence electrons. The monoisotopic (exact) mass is 280 g/mol. The summed E-state index contributed by atoms with van der Waals surface area (Å²) in [6, 6.07) is 0. The highest BCUT2D eigenvalue weighted by molar-refractivity contribution is 9.09. The molecule has 0 saturated carbocycles. The first kappa shape index (κ1) is 14.2. The molecule has 6 heteroatoms. The van der Waals surface area contributed by atoms with E-state index in [0.29, 0.717) is 18.4 Å². The maximum absolute atomic E-state index is 10.8. The van der Waals surface area contributed by atoms with E-state index in [1.54, 1.807) is 0 Å². The normalized spacial score (nSPS) is 9.47. The second-order valence-electron chi connectivity index (χ2n) is 2.96. The molecule has 2 N–H and O–H groups in total. The van der Waals surface area contributed by atoms with Gasteiger partial charge in [0.2, 0.25) is 5.91 Å². The maximum atomic E-state index is 10.8. The molecule has 0 rings (SSSR count). The molecule has 0 heterocycles. The number of nitrogens with one attached hydrogen (secondary N) is 2. The van der Waals surface area contributed by atoms with Crippen LogP contribution in [0.15, 0.2) is 0 Å². The highest BCUT2D eigenvalue weighted by Crippen LogP contribution is 1.92. The van der Waals surface area contributed by atoms with E-state index in [1.165, 1.54) is 7.11 Å². The van der Waals surface area contributed by atoms with E-state index in [-0.39, 0.29) is 5.91 Å². The first-order chi connectivity index (χ1) is 7.20. The summed E-state index contributed by atoms with van der Waals surface area (Å²) in [6.07, 6.45) is 2.37. The molecule has 0 aliphatic carbocycles. The fourth-order valence-corrected chi connectivity index (χ4v) is 1.16. The van der Waals surface area contributed by atoms with E-state index in [9.17, 15) is 9.59 Å². The molecule has 15 heavy (non-hydrogen) atoms. The molecule has 0 aromatic rings. The molecular formula is C9H17BrN2O3. The zero-order chi connectivity index (χ0) is 11.5. The Balaban J connectivity index is 3.11. The second kappa shape index (κ2) is 9.76. The van der Waals surface area contributed by atoms with Crippen LogP contribution in [0.3, 0.4) is 0 Å². The highest BCUT2D eigenvalue weighted by atomic mass is 79.9. The summed E-state index contributed by atoms with van der Waals surface area (Å²) in [4.78, 5) is 21.4. The third kappa shape index (κ3) is 9.52. The van der Waals surface area contributed by atoms with Crippen LogP contribution in [0.5, 0.6) is 0 Å². The topological polar surface area (TPSA) is 67.4 Å². The summed E-state index contributed by atoms with van der Waals surface area (Å²) in [6.45, 7) is 1.29. The molecule has 0 saturated heterocycles. The number of rotatable bonds is 7. The van der Waals surface area contributed by atoms with E-state index >= 15 is 0 Å². The zero-order valence-corrected chi connectivity index (χ0v) is 10.4. The summed E-state index contributed by atoms with van der Waals surface area (Å²) < 4.78 is 4.41. The van der Waals surface area contributed by atoms with Crippen molar-refractivity contribution in [2.45, 2.75) is 19.3 Å². The third-order valence-electron chi connectivity index (χ3n) is 1.75. The Morgan fingerprint density at radius 3 is 2.27 bits per heavy atom. The lowest BCUT2D eigenvalue weighted by Crippen LogP contribution is -2.26. The summed E-state index contributed by atoms with van der Waals surface area (Å²) in [5, 5.41) is 5.68. The van der Waals surface area contributed by atoms with Crippen LogP contribution in [0.2, 0.25) is 0 Å². The average Bonchev–Trinajstić information content (AvgIpc) is 2.26. The highest BCUT2D eigenvalue weighted by Gasteiger charge is 1.98. The zero-order valence-electron chi connectivity index (χ0n) is 8.85. The largest absolute Gasteiger partial charge is 0.453 e. The van der Waals surface area contributed by atoms with Crippen LogP contribution in [-0.2, 0) is 9.53 Å². The minimum atomic E-state index is -0.400. The number of ether oxygens (including phenoxy) is 1. The Labute approximate surface area is 98.1 Å². The number of halogens is 1. The second-order valence-corrected chi connectivity index (χ2v) is 3.52. The van der Waals surface area contributed by atoms with Gasteiger partial charge in [0.25, 0.3) is 0 Å². The fraction of sp³-hybridized carbons (Fsp3) is 0.778. The average molecular weight is 281 g/mol. The lowest BCUT2D eigenvalue weighted by atomic mass is 10.2. The lowest BCUT2D eigenvalue weighted by Gasteiger charge is -2.04. The van der Waals surface area contributed by atoms with Gasteiger partial charge < -0.3 is 15.4 Å². The van der Waals surface area contributed by atoms with Gasteiger partial charge >= 0.3 is 6.09 Å². The minimum Gasteiger partial charge on any atom is -0.453 e. The molecule has 0 bridgehead atoms. The summed E-state index contributed by atoms with van der Waals surface area (Å²) in [5.41, 5.74) is 0. The molecule has 0 radical (unpaired) electrons. The summed E-state index contributed by atoms with van der Waals surface area (Å²) >= 11 is 3.06. The Morgan fingerprint density at radius 2 is 1.73 bits per heavy atom. The number of alkyl halides is 1. The van der Waals surface area contributed by atoms with Gasteiger partial charge in [-0.2, -0.15) is 0 Å². The van der Waals surface area contributed by atoms with Crippen molar-refractivity contribution in [1.29, 1.82) is 0 Å². The number of hydrogen-bond acceptors (Lipinski definition) is 3. The van der Waals surface area contributed by atoms with Gasteiger partial charge in [0.05, 0.1) is 12.4 Å². The molecule has 0 unspecified atom stereocenters. The first-order valence-electron chi connectivity index (χ1n) is 4.85. The van der Waals surface area contributed by atoms with Gasteiger partial charge in [-0.05, 0) is 19.3 Å². The van der Waals surface area contributed by atoms with Gasteiger partial charge in [-0.25, -0.2) is 4.79 Å². The van der Waals surface area contributed by atoms with Gasteiger partial charge in [-0.3, -0.25) is 4.79 Å². The number of hydrogen-bond donors (Lipinski definition) is 2. The van der Waals surface area contributed by atoms with Crippen molar-refractivity contribution in [2.75, 3.05) is 25.5 Å². The van der Waals surface area contributed by atoms with Crippen molar-refractivity contribution in [3.8, 4) is 0 Å². The van der Waals surface area contributed by atoms with Crippen molar-refractivity contribution in [2.24, 2.45) is 0 Å². The fourth-order valence-electron chi connectivity index (χ4n) is 0.964. The molecule has 5 nitrogen and oxygen atoms in total. The molecule has 0 atom stereocenters. The van der Waals surface area contributed by atoms with Crippen molar-refractivity contribution < 1.29 is 14.3 Å². The SMILES string of the molecule is COC(=O)NCCCCCNC(=O)CBr. The van der Waals surface area contributed by atoms with Crippen molar-refractivity contribution >= 4 is 27.9 Å². The Morgan fingerprint density at radius 1 is 1.13 bits per heavy atom. The van der Waals surface area contributed by atoms with E-state index in [1.807, 2.05) is 0 Å². The van der Waals surface area contributed by atoms with Gasteiger partial charge in [0, 0.05) is 13.1 Å². The number of amides is 2. The van der Waals surface area contributed by atoms with E-state index in [0.717, 1.165) is 19.3 Å².